The molecular weight excluding hydrogens is 162 g/mol. The van der Waals surface area contributed by atoms with E-state index in [9.17, 15) is 0 Å². The largest absolute Gasteiger partial charge is 0.297 e. The van der Waals surface area contributed by atoms with Gasteiger partial charge in [0, 0.05) is 0 Å². The summed E-state index contributed by atoms with van der Waals surface area (Å²) in [6, 6.07) is 10.1. The van der Waals surface area contributed by atoms with Gasteiger partial charge in [0.2, 0.25) is 0 Å². The molecule has 2 N–H and O–H groups in total. The lowest BCUT2D eigenvalue weighted by molar-refractivity contribution is 0.0450. The van der Waals surface area contributed by atoms with E-state index in [2.05, 4.69) is 6.92 Å². The van der Waals surface area contributed by atoms with Crippen molar-refractivity contribution in [2.24, 2.45) is 5.90 Å². The number of unbranched alkanes of at least 4 members (excludes halogenated alkanes) is 1. The number of hydrogen-bond acceptors (Lipinski definition) is 2. The van der Waals surface area contributed by atoms with Gasteiger partial charge in [0.15, 0.2) is 0 Å². The van der Waals surface area contributed by atoms with Gasteiger partial charge in [0.05, 0.1) is 0 Å². The molecule has 0 amide bonds. The zero-order valence-electron chi connectivity index (χ0n) is 8.07. The first-order valence-electron chi connectivity index (χ1n) is 4.79. The Kier molecular flexibility index (Phi) is 4.50. The summed E-state index contributed by atoms with van der Waals surface area (Å²) < 4.78 is 0. The Balaban J connectivity index is 2.56. The third-order valence-corrected chi connectivity index (χ3v) is 2.16. The van der Waals surface area contributed by atoms with Gasteiger partial charge in [-0.05, 0) is 12.0 Å². The van der Waals surface area contributed by atoms with E-state index in [1.54, 1.807) is 0 Å². The summed E-state index contributed by atoms with van der Waals surface area (Å²) in [6.45, 7) is 2.17. The van der Waals surface area contributed by atoms with Crippen molar-refractivity contribution in [1.29, 1.82) is 0 Å². The Labute approximate surface area is 79.7 Å². The van der Waals surface area contributed by atoms with Gasteiger partial charge in [-0.3, -0.25) is 4.84 Å². The molecule has 0 saturated carbocycles. The van der Waals surface area contributed by atoms with Gasteiger partial charge in [-0.15, -0.1) is 0 Å². The lowest BCUT2D eigenvalue weighted by Gasteiger charge is -2.13. The van der Waals surface area contributed by atoms with Crippen LogP contribution in [0.3, 0.4) is 0 Å². The van der Waals surface area contributed by atoms with Gasteiger partial charge in [0.1, 0.15) is 6.10 Å². The van der Waals surface area contributed by atoms with Crippen LogP contribution in [0.1, 0.15) is 37.9 Å². The Hall–Kier alpha value is -0.860. The molecule has 0 aromatic heterocycles. The average molecular weight is 179 g/mol. The van der Waals surface area contributed by atoms with E-state index < -0.39 is 0 Å². The monoisotopic (exact) mass is 179 g/mol. The molecule has 1 rings (SSSR count). The first kappa shape index (κ1) is 10.2. The molecule has 0 saturated heterocycles. The van der Waals surface area contributed by atoms with Gasteiger partial charge >= 0.3 is 0 Å². The molecule has 0 fully saturated rings. The molecule has 2 heteroatoms. The van der Waals surface area contributed by atoms with Gasteiger partial charge < -0.3 is 0 Å². The number of nitrogens with two attached hydrogens (primary N) is 1. The first-order chi connectivity index (χ1) is 6.38. The number of rotatable bonds is 5. The van der Waals surface area contributed by atoms with Crippen molar-refractivity contribution in [3.63, 3.8) is 0 Å². The second-order valence-corrected chi connectivity index (χ2v) is 3.18. The van der Waals surface area contributed by atoms with Crippen molar-refractivity contribution in [2.45, 2.75) is 32.3 Å². The fraction of sp³-hybridized carbons (Fsp3) is 0.455. The Morgan fingerprint density at radius 2 is 2.00 bits per heavy atom. The molecule has 1 atom stereocenters. The Morgan fingerprint density at radius 3 is 2.54 bits per heavy atom. The molecule has 1 aromatic rings. The minimum atomic E-state index is 0.0566. The highest BCUT2D eigenvalue weighted by molar-refractivity contribution is 5.17. The summed E-state index contributed by atoms with van der Waals surface area (Å²) in [4.78, 5) is 4.94. The quantitative estimate of drug-likeness (QED) is 0.705. The third-order valence-electron chi connectivity index (χ3n) is 2.16. The first-order valence-corrected chi connectivity index (χ1v) is 4.79. The van der Waals surface area contributed by atoms with Crippen LogP contribution in [0.2, 0.25) is 0 Å². The summed E-state index contributed by atoms with van der Waals surface area (Å²) in [6.07, 6.45) is 3.38. The van der Waals surface area contributed by atoms with Crippen molar-refractivity contribution >= 4 is 0 Å². The predicted octanol–water partition coefficient (Wildman–Crippen LogP) is 2.81. The van der Waals surface area contributed by atoms with Crippen molar-refractivity contribution in [3.05, 3.63) is 35.9 Å². The molecule has 0 aliphatic heterocycles. The van der Waals surface area contributed by atoms with Gasteiger partial charge in [0.25, 0.3) is 0 Å². The van der Waals surface area contributed by atoms with Crippen LogP contribution in [0.5, 0.6) is 0 Å². The summed E-state index contributed by atoms with van der Waals surface area (Å²) >= 11 is 0. The van der Waals surface area contributed by atoms with E-state index in [1.807, 2.05) is 30.3 Å². The lowest BCUT2D eigenvalue weighted by atomic mass is 10.0. The second-order valence-electron chi connectivity index (χ2n) is 3.18. The Bertz CT molecular complexity index is 223. The highest BCUT2D eigenvalue weighted by atomic mass is 16.6. The SMILES string of the molecule is CCCCC(ON)c1ccccc1. The summed E-state index contributed by atoms with van der Waals surface area (Å²) in [5.41, 5.74) is 1.17. The Morgan fingerprint density at radius 1 is 1.31 bits per heavy atom. The van der Waals surface area contributed by atoms with E-state index in [0.717, 1.165) is 12.8 Å². The third kappa shape index (κ3) is 3.17. The number of benzene rings is 1. The van der Waals surface area contributed by atoms with Crippen molar-refractivity contribution in [1.82, 2.24) is 0 Å². The van der Waals surface area contributed by atoms with Crippen molar-refractivity contribution in [3.8, 4) is 0 Å². The molecule has 0 aliphatic carbocycles. The molecule has 0 aliphatic rings. The molecule has 0 spiro atoms. The summed E-state index contributed by atoms with van der Waals surface area (Å²) in [5, 5.41) is 0. The molecule has 2 nitrogen and oxygen atoms in total. The predicted molar refractivity (Wildman–Crippen MR) is 54.0 cm³/mol. The molecule has 72 valence electrons. The van der Waals surface area contributed by atoms with Gasteiger partial charge in [-0.2, -0.15) is 0 Å². The van der Waals surface area contributed by atoms with Crippen LogP contribution in [0.25, 0.3) is 0 Å². The van der Waals surface area contributed by atoms with Crippen LogP contribution in [0.4, 0.5) is 0 Å². The van der Waals surface area contributed by atoms with Crippen LogP contribution >= 0.6 is 0 Å². The molecule has 13 heavy (non-hydrogen) atoms. The minimum absolute atomic E-state index is 0.0566. The van der Waals surface area contributed by atoms with Crippen LogP contribution in [0, 0.1) is 0 Å². The van der Waals surface area contributed by atoms with Crippen LogP contribution in [-0.2, 0) is 4.84 Å². The second kappa shape index (κ2) is 5.73. The van der Waals surface area contributed by atoms with E-state index >= 15 is 0 Å². The molecule has 0 heterocycles. The van der Waals surface area contributed by atoms with Crippen LogP contribution in [-0.4, -0.2) is 0 Å². The van der Waals surface area contributed by atoms with E-state index in [1.165, 1.54) is 12.0 Å². The van der Waals surface area contributed by atoms with Gasteiger partial charge in [-0.1, -0.05) is 50.1 Å². The highest BCUT2D eigenvalue weighted by Gasteiger charge is 2.08. The average Bonchev–Trinajstić information content (AvgIpc) is 2.21. The maximum absolute atomic E-state index is 5.25. The topological polar surface area (TPSA) is 35.2 Å². The lowest BCUT2D eigenvalue weighted by Crippen LogP contribution is -2.09. The molecule has 0 bridgehead atoms. The smallest absolute Gasteiger partial charge is 0.104 e. The maximum Gasteiger partial charge on any atom is 0.104 e. The zero-order chi connectivity index (χ0) is 9.52. The maximum atomic E-state index is 5.25. The minimum Gasteiger partial charge on any atom is -0.297 e. The van der Waals surface area contributed by atoms with E-state index in [-0.39, 0.29) is 6.10 Å². The molecule has 1 unspecified atom stereocenters. The highest BCUT2D eigenvalue weighted by Crippen LogP contribution is 2.21. The van der Waals surface area contributed by atoms with Crippen LogP contribution in [0.15, 0.2) is 30.3 Å². The van der Waals surface area contributed by atoms with Crippen LogP contribution < -0.4 is 5.90 Å². The van der Waals surface area contributed by atoms with E-state index in [0.29, 0.717) is 0 Å². The number of hydrogen-bond donors (Lipinski definition) is 1. The standard InChI is InChI=1S/C11H17NO/c1-2-3-9-11(13-12)10-7-5-4-6-8-10/h4-8,11H,2-3,9,12H2,1H3. The molecular formula is C11H17NO. The van der Waals surface area contributed by atoms with Gasteiger partial charge in [-0.25, -0.2) is 5.90 Å². The summed E-state index contributed by atoms with van der Waals surface area (Å²) in [7, 11) is 0. The molecule has 1 aromatic carbocycles. The fourth-order valence-electron chi connectivity index (χ4n) is 1.37. The van der Waals surface area contributed by atoms with Crippen molar-refractivity contribution < 1.29 is 4.84 Å². The summed E-state index contributed by atoms with van der Waals surface area (Å²) in [5.74, 6) is 5.25. The fourth-order valence-corrected chi connectivity index (χ4v) is 1.37. The molecule has 0 radical (unpaired) electrons. The van der Waals surface area contributed by atoms with Crippen molar-refractivity contribution in [2.75, 3.05) is 0 Å². The zero-order valence-corrected chi connectivity index (χ0v) is 8.07. The normalized spacial score (nSPS) is 12.8. The van der Waals surface area contributed by atoms with E-state index in [4.69, 9.17) is 10.7 Å².